The van der Waals surface area contributed by atoms with Crippen LogP contribution in [-0.2, 0) is 24.3 Å². The quantitative estimate of drug-likeness (QED) is 0.820. The summed E-state index contributed by atoms with van der Waals surface area (Å²) in [6.07, 6.45) is 0.0839. The number of amides is 1. The largest absolute Gasteiger partial charge is 0.338 e. The molecular weight excluding hydrogens is 293 g/mol. The summed E-state index contributed by atoms with van der Waals surface area (Å²) in [7, 11) is 0. The van der Waals surface area contributed by atoms with Gasteiger partial charge < -0.3 is 4.90 Å². The minimum Gasteiger partial charge on any atom is -0.338 e. The van der Waals surface area contributed by atoms with E-state index in [4.69, 9.17) is 0 Å². The van der Waals surface area contributed by atoms with Gasteiger partial charge in [0.2, 0.25) is 5.91 Å². The van der Waals surface area contributed by atoms with Crippen molar-refractivity contribution in [2.24, 2.45) is 0 Å². The van der Waals surface area contributed by atoms with Crippen LogP contribution in [0, 0.1) is 19.7 Å². The molecule has 0 bridgehead atoms. The van der Waals surface area contributed by atoms with Crippen LogP contribution in [0.4, 0.5) is 4.39 Å². The molecule has 124 valence electrons. The second kappa shape index (κ2) is 7.40. The van der Waals surface area contributed by atoms with E-state index < -0.39 is 0 Å². The maximum atomic E-state index is 13.7. The highest BCUT2D eigenvalue weighted by atomic mass is 19.1. The van der Waals surface area contributed by atoms with Crippen molar-refractivity contribution < 1.29 is 9.18 Å². The molecule has 1 aromatic carbocycles. The third-order valence-corrected chi connectivity index (χ3v) is 4.21. The first-order valence-corrected chi connectivity index (χ1v) is 8.01. The van der Waals surface area contributed by atoms with E-state index >= 15 is 0 Å². The average molecular weight is 317 g/mol. The third kappa shape index (κ3) is 3.78. The lowest BCUT2D eigenvalue weighted by Crippen LogP contribution is -2.32. The Morgan fingerprint density at radius 1 is 1.26 bits per heavy atom. The summed E-state index contributed by atoms with van der Waals surface area (Å²) in [5.41, 5.74) is 3.55. The summed E-state index contributed by atoms with van der Waals surface area (Å²) < 4.78 is 15.7. The summed E-state index contributed by atoms with van der Waals surface area (Å²) in [5, 5.41) is 4.49. The number of hydrogen-bond donors (Lipinski definition) is 0. The Kier molecular flexibility index (Phi) is 5.53. The number of carbonyl (C=O) groups is 1. The highest BCUT2D eigenvalue weighted by molar-refractivity contribution is 5.78. The van der Waals surface area contributed by atoms with E-state index in [1.54, 1.807) is 23.1 Å². The van der Waals surface area contributed by atoms with E-state index in [1.807, 2.05) is 32.4 Å². The molecule has 0 spiro atoms. The number of hydrogen-bond acceptors (Lipinski definition) is 2. The first kappa shape index (κ1) is 17.2. The predicted molar refractivity (Wildman–Crippen MR) is 88.6 cm³/mol. The van der Waals surface area contributed by atoms with Gasteiger partial charge in [-0.25, -0.2) is 4.39 Å². The summed E-state index contributed by atoms with van der Waals surface area (Å²) in [5.74, 6) is -0.399. The molecule has 5 heteroatoms. The molecule has 0 aliphatic heterocycles. The standard InChI is InChI=1S/C18H24FN3O/c1-5-21(12-16-13(3)20-22(6-2)14(16)4)18(23)11-15-9-7-8-10-17(15)19/h7-10H,5-6,11-12H2,1-4H3. The van der Waals surface area contributed by atoms with Crippen molar-refractivity contribution in [3.63, 3.8) is 0 Å². The van der Waals surface area contributed by atoms with Crippen LogP contribution in [0.3, 0.4) is 0 Å². The molecule has 0 N–H and O–H groups in total. The van der Waals surface area contributed by atoms with Gasteiger partial charge in [0, 0.05) is 30.9 Å². The Hall–Kier alpha value is -2.17. The fraction of sp³-hybridized carbons (Fsp3) is 0.444. The van der Waals surface area contributed by atoms with E-state index in [2.05, 4.69) is 5.10 Å². The monoisotopic (exact) mass is 317 g/mol. The zero-order valence-electron chi connectivity index (χ0n) is 14.3. The van der Waals surface area contributed by atoms with Crippen molar-refractivity contribution in [2.75, 3.05) is 6.54 Å². The van der Waals surface area contributed by atoms with Crippen LogP contribution in [0.15, 0.2) is 24.3 Å². The fourth-order valence-corrected chi connectivity index (χ4v) is 2.75. The molecule has 23 heavy (non-hydrogen) atoms. The molecule has 0 radical (unpaired) electrons. The third-order valence-electron chi connectivity index (χ3n) is 4.21. The zero-order chi connectivity index (χ0) is 17.0. The molecule has 1 aromatic heterocycles. The lowest BCUT2D eigenvalue weighted by atomic mass is 10.1. The van der Waals surface area contributed by atoms with Crippen LogP contribution in [-0.4, -0.2) is 27.1 Å². The molecule has 0 fully saturated rings. The Balaban J connectivity index is 2.15. The predicted octanol–water partition coefficient (Wildman–Crippen LogP) is 3.25. The molecule has 4 nitrogen and oxygen atoms in total. The summed E-state index contributed by atoms with van der Waals surface area (Å²) in [6.45, 7) is 9.88. The van der Waals surface area contributed by atoms with Gasteiger partial charge in [-0.05, 0) is 39.3 Å². The van der Waals surface area contributed by atoms with Crippen LogP contribution in [0.1, 0.15) is 36.4 Å². The number of aromatic nitrogens is 2. The molecular formula is C18H24FN3O. The first-order valence-electron chi connectivity index (χ1n) is 8.01. The average Bonchev–Trinajstić information content (AvgIpc) is 2.81. The van der Waals surface area contributed by atoms with E-state index in [-0.39, 0.29) is 18.1 Å². The maximum Gasteiger partial charge on any atom is 0.227 e. The van der Waals surface area contributed by atoms with Gasteiger partial charge in [-0.2, -0.15) is 5.10 Å². The number of likely N-dealkylation sites (N-methyl/N-ethyl adjacent to an activating group) is 1. The number of halogens is 1. The molecule has 0 aliphatic carbocycles. The minimum absolute atomic E-state index is 0.0688. The van der Waals surface area contributed by atoms with Crippen molar-refractivity contribution in [2.45, 2.75) is 47.2 Å². The lowest BCUT2D eigenvalue weighted by Gasteiger charge is -2.21. The molecule has 2 aromatic rings. The summed E-state index contributed by atoms with van der Waals surface area (Å²) in [6, 6.07) is 6.43. The number of benzene rings is 1. The van der Waals surface area contributed by atoms with Crippen LogP contribution in [0.5, 0.6) is 0 Å². The van der Waals surface area contributed by atoms with Crippen LogP contribution < -0.4 is 0 Å². The highest BCUT2D eigenvalue weighted by Crippen LogP contribution is 2.17. The zero-order valence-corrected chi connectivity index (χ0v) is 14.3. The number of aryl methyl sites for hydroxylation is 2. The number of rotatable bonds is 6. The first-order chi connectivity index (χ1) is 11.0. The summed E-state index contributed by atoms with van der Waals surface area (Å²) in [4.78, 5) is 14.3. The lowest BCUT2D eigenvalue weighted by molar-refractivity contribution is -0.130. The smallest absolute Gasteiger partial charge is 0.227 e. The fourth-order valence-electron chi connectivity index (χ4n) is 2.75. The second-order valence-electron chi connectivity index (χ2n) is 5.64. The van der Waals surface area contributed by atoms with Crippen LogP contribution in [0.25, 0.3) is 0 Å². The van der Waals surface area contributed by atoms with Crippen molar-refractivity contribution >= 4 is 5.91 Å². The SMILES string of the molecule is CCN(Cc1c(C)nn(CC)c1C)C(=O)Cc1ccccc1F. The van der Waals surface area contributed by atoms with Gasteiger partial charge in [-0.1, -0.05) is 18.2 Å². The van der Waals surface area contributed by atoms with E-state index in [1.165, 1.54) is 6.07 Å². The Morgan fingerprint density at radius 2 is 1.96 bits per heavy atom. The van der Waals surface area contributed by atoms with Gasteiger partial charge in [0.25, 0.3) is 0 Å². The highest BCUT2D eigenvalue weighted by Gasteiger charge is 2.19. The molecule has 0 atom stereocenters. The molecule has 0 unspecified atom stereocenters. The summed E-state index contributed by atoms with van der Waals surface area (Å²) >= 11 is 0. The molecule has 1 heterocycles. The number of carbonyl (C=O) groups excluding carboxylic acids is 1. The second-order valence-corrected chi connectivity index (χ2v) is 5.64. The van der Waals surface area contributed by atoms with Gasteiger partial charge in [0.1, 0.15) is 5.82 Å². The normalized spacial score (nSPS) is 10.8. The van der Waals surface area contributed by atoms with Crippen molar-refractivity contribution in [3.8, 4) is 0 Å². The number of nitrogens with zero attached hydrogens (tertiary/aromatic N) is 3. The van der Waals surface area contributed by atoms with Gasteiger partial charge in [-0.3, -0.25) is 9.48 Å². The molecule has 0 saturated carbocycles. The van der Waals surface area contributed by atoms with Crippen LogP contribution in [0.2, 0.25) is 0 Å². The maximum absolute atomic E-state index is 13.7. The van der Waals surface area contributed by atoms with Crippen molar-refractivity contribution in [1.29, 1.82) is 0 Å². The van der Waals surface area contributed by atoms with Gasteiger partial charge in [0.15, 0.2) is 0 Å². The minimum atomic E-state index is -0.330. The Labute approximate surface area is 136 Å². The van der Waals surface area contributed by atoms with Gasteiger partial charge >= 0.3 is 0 Å². The molecule has 1 amide bonds. The van der Waals surface area contributed by atoms with Gasteiger partial charge in [-0.15, -0.1) is 0 Å². The van der Waals surface area contributed by atoms with E-state index in [9.17, 15) is 9.18 Å². The molecule has 2 rings (SSSR count). The van der Waals surface area contributed by atoms with E-state index in [0.29, 0.717) is 18.7 Å². The molecule has 0 aliphatic rings. The van der Waals surface area contributed by atoms with Gasteiger partial charge in [0.05, 0.1) is 12.1 Å². The van der Waals surface area contributed by atoms with Crippen molar-refractivity contribution in [1.82, 2.24) is 14.7 Å². The Morgan fingerprint density at radius 3 is 2.52 bits per heavy atom. The van der Waals surface area contributed by atoms with Crippen LogP contribution >= 0.6 is 0 Å². The molecule has 0 saturated heterocycles. The van der Waals surface area contributed by atoms with E-state index in [0.717, 1.165) is 23.5 Å². The topological polar surface area (TPSA) is 38.1 Å². The Bertz CT molecular complexity index is 694. The van der Waals surface area contributed by atoms with Crippen molar-refractivity contribution in [3.05, 3.63) is 52.6 Å².